The van der Waals surface area contributed by atoms with Gasteiger partial charge in [-0.25, -0.2) is 4.98 Å². The molecule has 0 unspecified atom stereocenters. The third kappa shape index (κ3) is 3.42. The van der Waals surface area contributed by atoms with E-state index in [1.54, 1.807) is 13.0 Å². The van der Waals surface area contributed by atoms with Gasteiger partial charge >= 0.3 is 11.9 Å². The van der Waals surface area contributed by atoms with E-state index in [-0.39, 0.29) is 30.5 Å². The number of halogens is 1. The fraction of sp³-hybridized carbons (Fsp3) is 0.421. The second kappa shape index (κ2) is 7.14. The summed E-state index contributed by atoms with van der Waals surface area (Å²) in [6, 6.07) is 7.20. The molecule has 2 saturated heterocycles. The van der Waals surface area contributed by atoms with Crippen molar-refractivity contribution in [2.75, 3.05) is 5.75 Å². The molecule has 2 fully saturated rings. The van der Waals surface area contributed by atoms with Gasteiger partial charge in [0.2, 0.25) is 5.16 Å². The molecule has 152 valence electrons. The van der Waals surface area contributed by atoms with Gasteiger partial charge < -0.3 is 9.47 Å². The first kappa shape index (κ1) is 19.9. The summed E-state index contributed by atoms with van der Waals surface area (Å²) in [5.74, 6) is -1.14. The lowest BCUT2D eigenvalue weighted by atomic mass is 9.77. The minimum absolute atomic E-state index is 0.00965. The number of Topliss-reactive ketones (excluding diaryl/α,β-unsaturated/α-hetero) is 1. The standard InChI is InChI=1S/C19H18ClN3O5S/c1-10-7-19(15(25)27-10)9-18(2,28-16(19)26)13(24)8-29-17-21-14(22-23-17)11-5-3-4-6-12(11)20/h3-6,10H,7-9H2,1-2H3,(H,21,22,23)/t10-,18-,19-/m1/s1. The monoisotopic (exact) mass is 435 g/mol. The fourth-order valence-corrected chi connectivity index (χ4v) is 4.79. The zero-order valence-electron chi connectivity index (χ0n) is 15.7. The Morgan fingerprint density at radius 3 is 2.79 bits per heavy atom. The number of hydrogen-bond acceptors (Lipinski definition) is 8. The largest absolute Gasteiger partial charge is 0.462 e. The summed E-state index contributed by atoms with van der Waals surface area (Å²) >= 11 is 7.28. The Balaban J connectivity index is 1.44. The molecule has 2 aliphatic heterocycles. The van der Waals surface area contributed by atoms with Crippen LogP contribution in [0.4, 0.5) is 0 Å². The molecule has 1 N–H and O–H groups in total. The quantitative estimate of drug-likeness (QED) is 0.433. The van der Waals surface area contributed by atoms with Crippen molar-refractivity contribution in [3.8, 4) is 11.4 Å². The van der Waals surface area contributed by atoms with Gasteiger partial charge in [-0.05, 0) is 26.0 Å². The van der Waals surface area contributed by atoms with Gasteiger partial charge in [0.25, 0.3) is 0 Å². The first-order chi connectivity index (χ1) is 13.7. The summed E-state index contributed by atoms with van der Waals surface area (Å²) in [6.07, 6.45) is -0.165. The van der Waals surface area contributed by atoms with E-state index in [4.69, 9.17) is 21.1 Å². The second-order valence-electron chi connectivity index (χ2n) is 7.46. The number of rotatable bonds is 5. The number of aromatic nitrogens is 3. The van der Waals surface area contributed by atoms with Crippen molar-refractivity contribution >= 4 is 41.1 Å². The van der Waals surface area contributed by atoms with Crippen LogP contribution in [0.2, 0.25) is 5.02 Å². The lowest BCUT2D eigenvalue weighted by molar-refractivity contribution is -0.162. The van der Waals surface area contributed by atoms with Crippen LogP contribution in [0, 0.1) is 5.41 Å². The number of nitrogens with zero attached hydrogens (tertiary/aromatic N) is 2. The van der Waals surface area contributed by atoms with E-state index in [0.717, 1.165) is 11.8 Å². The number of carbonyl (C=O) groups is 3. The lowest BCUT2D eigenvalue weighted by Gasteiger charge is -2.20. The number of cyclic esters (lactones) is 2. The molecule has 0 saturated carbocycles. The fourth-order valence-electron chi connectivity index (χ4n) is 3.73. The van der Waals surface area contributed by atoms with Crippen molar-refractivity contribution in [1.82, 2.24) is 15.2 Å². The molecule has 2 aromatic rings. The van der Waals surface area contributed by atoms with E-state index in [0.29, 0.717) is 21.6 Å². The Labute approximate surface area is 175 Å². The Hall–Kier alpha value is -2.39. The predicted octanol–water partition coefficient (Wildman–Crippen LogP) is 2.81. The van der Waals surface area contributed by atoms with Crippen LogP contribution in [0.5, 0.6) is 0 Å². The van der Waals surface area contributed by atoms with E-state index in [9.17, 15) is 14.4 Å². The summed E-state index contributed by atoms with van der Waals surface area (Å²) in [4.78, 5) is 41.8. The zero-order chi connectivity index (χ0) is 20.8. The highest BCUT2D eigenvalue weighted by atomic mass is 35.5. The number of benzene rings is 1. The molecular weight excluding hydrogens is 418 g/mol. The highest BCUT2D eigenvalue weighted by molar-refractivity contribution is 7.99. The van der Waals surface area contributed by atoms with Crippen molar-refractivity contribution in [3.63, 3.8) is 0 Å². The van der Waals surface area contributed by atoms with Gasteiger partial charge in [-0.2, -0.15) is 0 Å². The number of nitrogens with one attached hydrogen (secondary N) is 1. The molecule has 0 radical (unpaired) electrons. The second-order valence-corrected chi connectivity index (χ2v) is 8.81. The maximum atomic E-state index is 12.8. The van der Waals surface area contributed by atoms with Crippen LogP contribution < -0.4 is 0 Å². The van der Waals surface area contributed by atoms with Gasteiger partial charge in [0.1, 0.15) is 6.10 Å². The summed E-state index contributed by atoms with van der Waals surface area (Å²) in [7, 11) is 0. The molecule has 1 aromatic heterocycles. The number of esters is 2. The van der Waals surface area contributed by atoms with Crippen molar-refractivity contribution in [2.45, 2.75) is 43.6 Å². The number of thioether (sulfide) groups is 1. The lowest BCUT2D eigenvalue weighted by Crippen LogP contribution is -2.38. The average molecular weight is 436 g/mol. The van der Waals surface area contributed by atoms with E-state index < -0.39 is 23.0 Å². The van der Waals surface area contributed by atoms with Crippen LogP contribution in [0.3, 0.4) is 0 Å². The first-order valence-electron chi connectivity index (χ1n) is 9.01. The summed E-state index contributed by atoms with van der Waals surface area (Å²) in [5.41, 5.74) is -2.06. The van der Waals surface area contributed by atoms with Crippen LogP contribution in [0.15, 0.2) is 29.4 Å². The van der Waals surface area contributed by atoms with Crippen LogP contribution >= 0.6 is 23.4 Å². The van der Waals surface area contributed by atoms with Gasteiger partial charge in [-0.15, -0.1) is 5.10 Å². The van der Waals surface area contributed by atoms with Crippen molar-refractivity contribution in [3.05, 3.63) is 29.3 Å². The van der Waals surface area contributed by atoms with Gasteiger partial charge in [0.05, 0.1) is 10.8 Å². The summed E-state index contributed by atoms with van der Waals surface area (Å²) < 4.78 is 10.5. The van der Waals surface area contributed by atoms with E-state index in [1.807, 2.05) is 18.2 Å². The smallest absolute Gasteiger partial charge is 0.324 e. The molecule has 2 aliphatic rings. The molecule has 8 nitrogen and oxygen atoms in total. The highest BCUT2D eigenvalue weighted by Gasteiger charge is 2.65. The minimum Gasteiger partial charge on any atom is -0.462 e. The number of aromatic amines is 1. The molecule has 1 spiro atoms. The van der Waals surface area contributed by atoms with Gasteiger partial charge in [-0.1, -0.05) is 35.5 Å². The number of H-pyrrole nitrogens is 1. The first-order valence-corrected chi connectivity index (χ1v) is 10.4. The molecular formula is C19H18ClN3O5S. The van der Waals surface area contributed by atoms with E-state index in [2.05, 4.69) is 15.2 Å². The Bertz CT molecular complexity index is 1010. The molecule has 10 heteroatoms. The minimum atomic E-state index is -1.38. The van der Waals surface area contributed by atoms with E-state index >= 15 is 0 Å². The van der Waals surface area contributed by atoms with Gasteiger partial charge in [0, 0.05) is 18.4 Å². The molecule has 3 atom stereocenters. The average Bonchev–Trinajstić information content (AvgIpc) is 3.31. The molecule has 29 heavy (non-hydrogen) atoms. The molecule has 1 aromatic carbocycles. The normalized spacial score (nSPS) is 28.6. The maximum absolute atomic E-state index is 12.8. The Kier molecular flexibility index (Phi) is 4.90. The van der Waals surface area contributed by atoms with Crippen molar-refractivity contribution in [2.24, 2.45) is 5.41 Å². The summed E-state index contributed by atoms with van der Waals surface area (Å²) in [6.45, 7) is 3.25. The van der Waals surface area contributed by atoms with Crippen LogP contribution in [0.1, 0.15) is 26.7 Å². The number of ether oxygens (including phenoxy) is 2. The molecule has 0 amide bonds. The van der Waals surface area contributed by atoms with Crippen LogP contribution in [-0.2, 0) is 23.9 Å². The maximum Gasteiger partial charge on any atom is 0.324 e. The zero-order valence-corrected chi connectivity index (χ0v) is 17.3. The number of carbonyl (C=O) groups excluding carboxylic acids is 3. The SMILES string of the molecule is C[C@@H]1C[C@@]2(C[C@](C)(C(=O)CSc3n[nH]c(-c4ccccc4Cl)n3)OC2=O)C(=O)O1. The topological polar surface area (TPSA) is 111 Å². The highest BCUT2D eigenvalue weighted by Crippen LogP contribution is 2.49. The molecule has 4 rings (SSSR count). The Morgan fingerprint density at radius 1 is 1.34 bits per heavy atom. The summed E-state index contributed by atoms with van der Waals surface area (Å²) in [5, 5.41) is 7.79. The van der Waals surface area contributed by atoms with E-state index in [1.165, 1.54) is 6.92 Å². The van der Waals surface area contributed by atoms with Crippen LogP contribution in [-0.4, -0.2) is 50.4 Å². The van der Waals surface area contributed by atoms with Gasteiger partial charge in [-0.3, -0.25) is 19.5 Å². The number of ketones is 1. The number of hydrogen-bond donors (Lipinski definition) is 1. The van der Waals surface area contributed by atoms with Gasteiger partial charge in [0.15, 0.2) is 22.6 Å². The molecule has 0 aliphatic carbocycles. The predicted molar refractivity (Wildman–Crippen MR) is 104 cm³/mol. The van der Waals surface area contributed by atoms with Crippen molar-refractivity contribution in [1.29, 1.82) is 0 Å². The molecule has 3 heterocycles. The van der Waals surface area contributed by atoms with Crippen molar-refractivity contribution < 1.29 is 23.9 Å². The molecule has 0 bridgehead atoms. The third-order valence-electron chi connectivity index (χ3n) is 5.20. The Morgan fingerprint density at radius 2 is 2.10 bits per heavy atom. The third-order valence-corrected chi connectivity index (χ3v) is 6.38. The van der Waals surface area contributed by atoms with Crippen LogP contribution in [0.25, 0.3) is 11.4 Å².